The lowest BCUT2D eigenvalue weighted by atomic mass is 10.1. The lowest BCUT2D eigenvalue weighted by Gasteiger charge is -2.19. The maximum absolute atomic E-state index is 11.5. The van der Waals surface area contributed by atoms with Crippen molar-refractivity contribution in [3.05, 3.63) is 42.1 Å². The van der Waals surface area contributed by atoms with Crippen molar-refractivity contribution in [1.82, 2.24) is 15.3 Å². The van der Waals surface area contributed by atoms with Crippen LogP contribution in [0.25, 0.3) is 11.3 Å². The van der Waals surface area contributed by atoms with Crippen molar-refractivity contribution in [1.29, 1.82) is 5.26 Å². The number of aromatic nitrogens is 2. The fourth-order valence-corrected chi connectivity index (χ4v) is 1.97. The topological polar surface area (TPSA) is 99.9 Å². The number of ether oxygens (including phenoxy) is 1. The number of rotatable bonds is 5. The van der Waals surface area contributed by atoms with E-state index in [1.165, 1.54) is 0 Å². The number of alkyl carbamates (subject to hydrolysis) is 1. The Morgan fingerprint density at radius 1 is 1.20 bits per heavy atom. The maximum atomic E-state index is 11.5. The number of hydrogen-bond acceptors (Lipinski definition) is 6. The smallest absolute Gasteiger partial charge is 0.407 e. The highest BCUT2D eigenvalue weighted by molar-refractivity contribution is 5.67. The molecule has 0 fully saturated rings. The molecule has 0 saturated heterocycles. The number of amides is 1. The van der Waals surface area contributed by atoms with Crippen LogP contribution in [0, 0.1) is 11.3 Å². The van der Waals surface area contributed by atoms with Gasteiger partial charge >= 0.3 is 6.09 Å². The molecule has 0 aliphatic rings. The first-order chi connectivity index (χ1) is 11.9. The van der Waals surface area contributed by atoms with E-state index in [-0.39, 0.29) is 0 Å². The Bertz CT molecular complexity index is 760. The van der Waals surface area contributed by atoms with Gasteiger partial charge in [-0.25, -0.2) is 14.8 Å². The first kappa shape index (κ1) is 18.2. The number of nitrogens with zero attached hydrogens (tertiary/aromatic N) is 3. The summed E-state index contributed by atoms with van der Waals surface area (Å²) in [5.74, 6) is 0.466. The molecule has 1 aromatic carbocycles. The molecule has 2 aromatic rings. The molecular weight excluding hydrogens is 318 g/mol. The lowest BCUT2D eigenvalue weighted by Crippen LogP contribution is -2.35. The Morgan fingerprint density at radius 2 is 1.92 bits per heavy atom. The Kier molecular flexibility index (Phi) is 5.90. The molecule has 0 aliphatic carbocycles. The van der Waals surface area contributed by atoms with E-state index in [2.05, 4.69) is 26.7 Å². The van der Waals surface area contributed by atoms with Crippen molar-refractivity contribution in [2.75, 3.05) is 18.4 Å². The third-order valence-electron chi connectivity index (χ3n) is 3.04. The molecule has 0 saturated carbocycles. The van der Waals surface area contributed by atoms with E-state index in [0.29, 0.717) is 24.6 Å². The summed E-state index contributed by atoms with van der Waals surface area (Å²) in [5, 5.41) is 14.5. The zero-order chi connectivity index (χ0) is 18.3. The van der Waals surface area contributed by atoms with Crippen LogP contribution in [0.1, 0.15) is 26.3 Å². The second kappa shape index (κ2) is 8.11. The summed E-state index contributed by atoms with van der Waals surface area (Å²) in [4.78, 5) is 20.1. The molecule has 130 valence electrons. The summed E-state index contributed by atoms with van der Waals surface area (Å²) in [6.07, 6.45) is 1.20. The lowest BCUT2D eigenvalue weighted by molar-refractivity contribution is 0.0530. The molecule has 1 heterocycles. The number of carbonyl (C=O) groups is 1. The van der Waals surface area contributed by atoms with E-state index in [0.717, 1.165) is 11.3 Å². The van der Waals surface area contributed by atoms with Gasteiger partial charge in [-0.15, -0.1) is 0 Å². The van der Waals surface area contributed by atoms with Gasteiger partial charge in [0, 0.05) is 24.8 Å². The zero-order valence-electron chi connectivity index (χ0n) is 14.5. The number of hydrogen-bond donors (Lipinski definition) is 2. The molecule has 1 amide bonds. The second-order valence-corrected chi connectivity index (χ2v) is 6.31. The van der Waals surface area contributed by atoms with Crippen molar-refractivity contribution in [2.24, 2.45) is 0 Å². The molecule has 1 aromatic heterocycles. The molecule has 0 bridgehead atoms. The van der Waals surface area contributed by atoms with E-state index >= 15 is 0 Å². The molecule has 2 N–H and O–H groups in total. The van der Waals surface area contributed by atoms with Crippen molar-refractivity contribution in [3.63, 3.8) is 0 Å². The number of carbonyl (C=O) groups excluding carboxylic acids is 1. The molecular formula is C18H21N5O2. The van der Waals surface area contributed by atoms with E-state index < -0.39 is 11.7 Å². The second-order valence-electron chi connectivity index (χ2n) is 6.31. The molecule has 7 nitrogen and oxygen atoms in total. The van der Waals surface area contributed by atoms with Gasteiger partial charge in [0.15, 0.2) is 0 Å². The molecule has 7 heteroatoms. The summed E-state index contributed by atoms with van der Waals surface area (Å²) in [5.41, 5.74) is 1.73. The predicted octanol–water partition coefficient (Wildman–Crippen LogP) is 2.95. The Balaban J connectivity index is 1.87. The minimum atomic E-state index is -0.518. The van der Waals surface area contributed by atoms with Crippen LogP contribution in [0.3, 0.4) is 0 Å². The molecule has 0 radical (unpaired) electrons. The summed E-state index contributed by atoms with van der Waals surface area (Å²) in [7, 11) is 0. The number of benzene rings is 1. The fraction of sp³-hybridized carbons (Fsp3) is 0.333. The van der Waals surface area contributed by atoms with Crippen LogP contribution in [-0.2, 0) is 4.74 Å². The van der Waals surface area contributed by atoms with Crippen molar-refractivity contribution in [2.45, 2.75) is 26.4 Å². The summed E-state index contributed by atoms with van der Waals surface area (Å²) in [6.45, 7) is 6.30. The summed E-state index contributed by atoms with van der Waals surface area (Å²) in [6, 6.07) is 11.1. The maximum Gasteiger partial charge on any atom is 0.407 e. The van der Waals surface area contributed by atoms with E-state index in [1.54, 1.807) is 24.4 Å². The van der Waals surface area contributed by atoms with Crippen molar-refractivity contribution in [3.8, 4) is 17.3 Å². The third kappa shape index (κ3) is 6.11. The van der Waals surface area contributed by atoms with Gasteiger partial charge in [-0.1, -0.05) is 12.1 Å². The number of nitriles is 1. The van der Waals surface area contributed by atoms with Crippen LogP contribution < -0.4 is 10.6 Å². The predicted molar refractivity (Wildman–Crippen MR) is 94.9 cm³/mol. The third-order valence-corrected chi connectivity index (χ3v) is 3.04. The molecule has 0 aliphatic heterocycles. The van der Waals surface area contributed by atoms with Gasteiger partial charge in [0.1, 0.15) is 5.60 Å². The summed E-state index contributed by atoms with van der Waals surface area (Å²) >= 11 is 0. The van der Waals surface area contributed by atoms with Gasteiger partial charge in [0.05, 0.1) is 17.3 Å². The summed E-state index contributed by atoms with van der Waals surface area (Å²) < 4.78 is 5.15. The highest BCUT2D eigenvalue weighted by Gasteiger charge is 2.15. The van der Waals surface area contributed by atoms with Gasteiger partial charge in [-0.05, 0) is 39.0 Å². The molecule has 0 spiro atoms. The van der Waals surface area contributed by atoms with Crippen molar-refractivity contribution < 1.29 is 9.53 Å². The quantitative estimate of drug-likeness (QED) is 0.812. The highest BCUT2D eigenvalue weighted by atomic mass is 16.6. The number of nitrogens with one attached hydrogen (secondary N) is 2. The fourth-order valence-electron chi connectivity index (χ4n) is 1.97. The van der Waals surface area contributed by atoms with E-state index in [9.17, 15) is 4.79 Å². The first-order valence-electron chi connectivity index (χ1n) is 7.92. The van der Waals surface area contributed by atoms with Crippen LogP contribution in [0.15, 0.2) is 36.5 Å². The van der Waals surface area contributed by atoms with Gasteiger partial charge in [-0.2, -0.15) is 5.26 Å². The zero-order valence-corrected chi connectivity index (χ0v) is 14.5. The molecule has 0 unspecified atom stereocenters. The van der Waals surface area contributed by atoms with Gasteiger partial charge in [-0.3, -0.25) is 0 Å². The largest absolute Gasteiger partial charge is 0.444 e. The minimum Gasteiger partial charge on any atom is -0.444 e. The van der Waals surface area contributed by atoms with E-state index in [4.69, 9.17) is 10.00 Å². The molecule has 0 atom stereocenters. The first-order valence-corrected chi connectivity index (χ1v) is 7.92. The average molecular weight is 339 g/mol. The van der Waals surface area contributed by atoms with Crippen LogP contribution in [0.4, 0.5) is 10.7 Å². The Morgan fingerprint density at radius 3 is 2.56 bits per heavy atom. The average Bonchev–Trinajstić information content (AvgIpc) is 2.57. The van der Waals surface area contributed by atoms with Crippen LogP contribution in [0.2, 0.25) is 0 Å². The standard InChI is InChI=1S/C18H21N5O2/c1-18(2,3)25-17(24)22-11-10-21-16-20-9-8-15(23-16)14-6-4-13(12-19)5-7-14/h4-9H,10-11H2,1-3H3,(H,22,24)(H,20,21,23). The van der Waals surface area contributed by atoms with Gasteiger partial charge in [0.2, 0.25) is 5.95 Å². The van der Waals surface area contributed by atoms with Gasteiger partial charge < -0.3 is 15.4 Å². The molecule has 25 heavy (non-hydrogen) atoms. The Hall–Kier alpha value is -3.14. The number of anilines is 1. The highest BCUT2D eigenvalue weighted by Crippen LogP contribution is 2.18. The van der Waals surface area contributed by atoms with Crippen LogP contribution in [-0.4, -0.2) is 34.8 Å². The monoisotopic (exact) mass is 339 g/mol. The molecule has 2 rings (SSSR count). The van der Waals surface area contributed by atoms with E-state index in [1.807, 2.05) is 32.9 Å². The van der Waals surface area contributed by atoms with Crippen LogP contribution >= 0.6 is 0 Å². The Labute approximate surface area is 147 Å². The van der Waals surface area contributed by atoms with Gasteiger partial charge in [0.25, 0.3) is 0 Å². The normalized spacial score (nSPS) is 10.6. The SMILES string of the molecule is CC(C)(C)OC(=O)NCCNc1nccc(-c2ccc(C#N)cc2)n1. The minimum absolute atomic E-state index is 0.388. The van der Waals surface area contributed by atoms with Crippen molar-refractivity contribution >= 4 is 12.0 Å². The van der Waals surface area contributed by atoms with Crippen LogP contribution in [0.5, 0.6) is 0 Å².